The highest BCUT2D eigenvalue weighted by Gasteiger charge is 2.33. The first-order valence-electron chi connectivity index (χ1n) is 8.49. The molecule has 0 spiro atoms. The lowest BCUT2D eigenvalue weighted by atomic mass is 9.75. The number of nitrogens with two attached hydrogens (primary N) is 1. The standard InChI is InChI=1S/C22H21NO2/c1-14-5-10-19-21(11-14)25-13-20(15-6-8-18(24)9-7-15)22(19)16-3-2-4-17(23)12-16/h2-12,20,22,24H,13,23H2,1H3. The summed E-state index contributed by atoms with van der Waals surface area (Å²) in [6.07, 6.45) is 0. The zero-order valence-corrected chi connectivity index (χ0v) is 14.1. The predicted molar refractivity (Wildman–Crippen MR) is 100 cm³/mol. The van der Waals surface area contributed by atoms with Gasteiger partial charge in [-0.3, -0.25) is 0 Å². The normalized spacial score (nSPS) is 19.1. The van der Waals surface area contributed by atoms with Gasteiger partial charge >= 0.3 is 0 Å². The summed E-state index contributed by atoms with van der Waals surface area (Å²) in [5.41, 5.74) is 11.5. The number of aryl methyl sites for hydroxylation is 1. The molecule has 0 fully saturated rings. The van der Waals surface area contributed by atoms with E-state index in [9.17, 15) is 5.11 Å². The quantitative estimate of drug-likeness (QED) is 0.675. The summed E-state index contributed by atoms with van der Waals surface area (Å²) >= 11 is 0. The molecule has 3 heteroatoms. The van der Waals surface area contributed by atoms with Crippen molar-refractivity contribution in [1.29, 1.82) is 0 Å². The van der Waals surface area contributed by atoms with Gasteiger partial charge in [0.15, 0.2) is 0 Å². The number of anilines is 1. The Balaban J connectivity index is 1.86. The molecule has 0 aromatic heterocycles. The highest BCUT2D eigenvalue weighted by atomic mass is 16.5. The van der Waals surface area contributed by atoms with Crippen LogP contribution in [-0.4, -0.2) is 11.7 Å². The molecular formula is C22H21NO2. The van der Waals surface area contributed by atoms with Gasteiger partial charge in [-0.25, -0.2) is 0 Å². The minimum Gasteiger partial charge on any atom is -0.508 e. The van der Waals surface area contributed by atoms with E-state index >= 15 is 0 Å². The number of ether oxygens (including phenoxy) is 1. The maximum absolute atomic E-state index is 9.61. The van der Waals surface area contributed by atoms with Crippen LogP contribution in [-0.2, 0) is 0 Å². The van der Waals surface area contributed by atoms with Gasteiger partial charge in [0.25, 0.3) is 0 Å². The molecule has 126 valence electrons. The maximum Gasteiger partial charge on any atom is 0.123 e. The van der Waals surface area contributed by atoms with Crippen molar-refractivity contribution < 1.29 is 9.84 Å². The van der Waals surface area contributed by atoms with Crippen LogP contribution in [0, 0.1) is 6.92 Å². The number of hydrogen-bond acceptors (Lipinski definition) is 3. The van der Waals surface area contributed by atoms with Gasteiger partial charge in [0.05, 0.1) is 6.61 Å². The molecule has 0 radical (unpaired) electrons. The van der Waals surface area contributed by atoms with Crippen LogP contribution in [0.1, 0.15) is 34.1 Å². The zero-order chi connectivity index (χ0) is 17.4. The Morgan fingerprint density at radius 2 is 1.76 bits per heavy atom. The van der Waals surface area contributed by atoms with Crippen molar-refractivity contribution in [3.8, 4) is 11.5 Å². The Morgan fingerprint density at radius 1 is 0.960 bits per heavy atom. The van der Waals surface area contributed by atoms with Crippen LogP contribution in [0.15, 0.2) is 66.7 Å². The maximum atomic E-state index is 9.61. The first kappa shape index (κ1) is 15.6. The Kier molecular flexibility index (Phi) is 3.85. The van der Waals surface area contributed by atoms with Crippen molar-refractivity contribution in [1.82, 2.24) is 0 Å². The molecule has 0 saturated carbocycles. The van der Waals surface area contributed by atoms with Crippen LogP contribution in [0.3, 0.4) is 0 Å². The van der Waals surface area contributed by atoms with Gasteiger partial charge in [-0.1, -0.05) is 36.4 Å². The van der Waals surface area contributed by atoms with E-state index in [1.54, 1.807) is 12.1 Å². The van der Waals surface area contributed by atoms with Gasteiger partial charge in [-0.15, -0.1) is 0 Å². The molecule has 0 aliphatic carbocycles. The first-order valence-corrected chi connectivity index (χ1v) is 8.49. The molecule has 1 aliphatic heterocycles. The van der Waals surface area contributed by atoms with E-state index in [2.05, 4.69) is 31.2 Å². The highest BCUT2D eigenvalue weighted by molar-refractivity contribution is 5.52. The number of rotatable bonds is 2. The third-order valence-corrected chi connectivity index (χ3v) is 4.92. The first-order chi connectivity index (χ1) is 12.1. The molecule has 3 aromatic rings. The average Bonchev–Trinajstić information content (AvgIpc) is 2.61. The molecular weight excluding hydrogens is 310 g/mol. The number of fused-ring (bicyclic) bond motifs is 1. The van der Waals surface area contributed by atoms with E-state index in [-0.39, 0.29) is 17.6 Å². The third kappa shape index (κ3) is 2.93. The fourth-order valence-corrected chi connectivity index (χ4v) is 3.69. The summed E-state index contributed by atoms with van der Waals surface area (Å²) in [6.45, 7) is 2.67. The van der Waals surface area contributed by atoms with Crippen molar-refractivity contribution in [3.05, 3.63) is 89.0 Å². The molecule has 3 nitrogen and oxygen atoms in total. The molecule has 4 rings (SSSR count). The van der Waals surface area contributed by atoms with Crippen molar-refractivity contribution in [3.63, 3.8) is 0 Å². The van der Waals surface area contributed by atoms with Crippen LogP contribution in [0.25, 0.3) is 0 Å². The molecule has 0 saturated heterocycles. The fraction of sp³-hybridized carbons (Fsp3) is 0.182. The number of hydrogen-bond donors (Lipinski definition) is 2. The Labute approximate surface area is 147 Å². The van der Waals surface area contributed by atoms with Crippen LogP contribution in [0.2, 0.25) is 0 Å². The molecule has 25 heavy (non-hydrogen) atoms. The summed E-state index contributed by atoms with van der Waals surface area (Å²) < 4.78 is 6.09. The second-order valence-electron chi connectivity index (χ2n) is 6.70. The molecule has 3 N–H and O–H groups in total. The lowest BCUT2D eigenvalue weighted by molar-refractivity contribution is 0.249. The van der Waals surface area contributed by atoms with Crippen LogP contribution in [0.5, 0.6) is 11.5 Å². The third-order valence-electron chi connectivity index (χ3n) is 4.92. The van der Waals surface area contributed by atoms with Crippen molar-refractivity contribution >= 4 is 5.69 Å². The summed E-state index contributed by atoms with van der Waals surface area (Å²) in [5.74, 6) is 1.55. The summed E-state index contributed by atoms with van der Waals surface area (Å²) in [4.78, 5) is 0. The monoisotopic (exact) mass is 331 g/mol. The molecule has 0 bridgehead atoms. The van der Waals surface area contributed by atoms with Gasteiger partial charge in [0, 0.05) is 23.1 Å². The van der Waals surface area contributed by atoms with E-state index in [1.807, 2.05) is 30.3 Å². The summed E-state index contributed by atoms with van der Waals surface area (Å²) in [7, 11) is 0. The van der Waals surface area contributed by atoms with E-state index < -0.39 is 0 Å². The van der Waals surface area contributed by atoms with Crippen molar-refractivity contribution in [2.45, 2.75) is 18.8 Å². The Hall–Kier alpha value is -2.94. The van der Waals surface area contributed by atoms with E-state index in [1.165, 1.54) is 16.7 Å². The molecule has 2 unspecified atom stereocenters. The van der Waals surface area contributed by atoms with Gasteiger partial charge in [-0.2, -0.15) is 0 Å². The fourth-order valence-electron chi connectivity index (χ4n) is 3.69. The summed E-state index contributed by atoms with van der Waals surface area (Å²) in [5, 5.41) is 9.61. The van der Waals surface area contributed by atoms with Crippen LogP contribution < -0.4 is 10.5 Å². The second kappa shape index (κ2) is 6.17. The van der Waals surface area contributed by atoms with E-state index in [4.69, 9.17) is 10.5 Å². The zero-order valence-electron chi connectivity index (χ0n) is 14.1. The molecule has 1 aliphatic rings. The van der Waals surface area contributed by atoms with Crippen LogP contribution >= 0.6 is 0 Å². The number of phenolic OH excluding ortho intramolecular Hbond substituents is 1. The second-order valence-corrected chi connectivity index (χ2v) is 6.70. The predicted octanol–water partition coefficient (Wildman–Crippen LogP) is 4.59. The SMILES string of the molecule is Cc1ccc2c(c1)OCC(c1ccc(O)cc1)C2c1cccc(N)c1. The minimum atomic E-state index is 0.164. The van der Waals surface area contributed by atoms with Gasteiger partial charge in [-0.05, 0) is 53.9 Å². The number of benzene rings is 3. The minimum absolute atomic E-state index is 0.164. The van der Waals surface area contributed by atoms with Gasteiger partial charge in [0.1, 0.15) is 11.5 Å². The largest absolute Gasteiger partial charge is 0.508 e. The molecule has 3 aromatic carbocycles. The van der Waals surface area contributed by atoms with Crippen molar-refractivity contribution in [2.24, 2.45) is 0 Å². The number of nitrogen functional groups attached to an aromatic ring is 1. The molecule has 0 amide bonds. The topological polar surface area (TPSA) is 55.5 Å². The average molecular weight is 331 g/mol. The summed E-state index contributed by atoms with van der Waals surface area (Å²) in [6, 6.07) is 21.9. The molecule has 2 atom stereocenters. The lowest BCUT2D eigenvalue weighted by Gasteiger charge is -2.35. The number of phenols is 1. The Bertz CT molecular complexity index is 902. The van der Waals surface area contributed by atoms with Gasteiger partial charge in [0.2, 0.25) is 0 Å². The number of aromatic hydroxyl groups is 1. The highest BCUT2D eigenvalue weighted by Crippen LogP contribution is 2.46. The van der Waals surface area contributed by atoms with Gasteiger partial charge < -0.3 is 15.6 Å². The smallest absolute Gasteiger partial charge is 0.123 e. The van der Waals surface area contributed by atoms with E-state index in [0.29, 0.717) is 6.61 Å². The van der Waals surface area contributed by atoms with Crippen molar-refractivity contribution in [2.75, 3.05) is 12.3 Å². The molecule has 1 heterocycles. The Morgan fingerprint density at radius 3 is 2.52 bits per heavy atom. The lowest BCUT2D eigenvalue weighted by Crippen LogP contribution is -2.25. The van der Waals surface area contributed by atoms with E-state index in [0.717, 1.165) is 17.0 Å². The van der Waals surface area contributed by atoms with Crippen LogP contribution in [0.4, 0.5) is 5.69 Å².